The molecule has 0 bridgehead atoms. The first-order valence-electron chi connectivity index (χ1n) is 9.53. The van der Waals surface area contributed by atoms with Gasteiger partial charge in [-0.3, -0.25) is 9.59 Å². The lowest BCUT2D eigenvalue weighted by Gasteiger charge is -2.28. The van der Waals surface area contributed by atoms with E-state index in [1.807, 2.05) is 72.8 Å². The lowest BCUT2D eigenvalue weighted by Crippen LogP contribution is -2.35. The Labute approximate surface area is 165 Å². The highest BCUT2D eigenvalue weighted by Crippen LogP contribution is 2.39. The van der Waals surface area contributed by atoms with Gasteiger partial charge in [-0.2, -0.15) is 0 Å². The standard InChI is InChI=1S/C24H24O4/c1-3-27-23(25)22(24(26)28-4-2)20-15-14-18-12-8-9-13-19(18)21(20)16-17-10-6-5-7-11-17/h5-16,20,22H,3-4H2,1-2H3/b21-16-. The van der Waals surface area contributed by atoms with Gasteiger partial charge >= 0.3 is 11.9 Å². The van der Waals surface area contributed by atoms with Gasteiger partial charge in [-0.15, -0.1) is 0 Å². The highest BCUT2D eigenvalue weighted by atomic mass is 16.6. The molecule has 0 amide bonds. The van der Waals surface area contributed by atoms with Crippen LogP contribution in [-0.4, -0.2) is 25.2 Å². The fraction of sp³-hybridized carbons (Fsp3) is 0.250. The molecular weight excluding hydrogens is 352 g/mol. The number of hydrogen-bond acceptors (Lipinski definition) is 4. The summed E-state index contributed by atoms with van der Waals surface area (Å²) < 4.78 is 10.4. The summed E-state index contributed by atoms with van der Waals surface area (Å²) in [5, 5.41) is 0. The fourth-order valence-corrected chi connectivity index (χ4v) is 3.44. The van der Waals surface area contributed by atoms with Crippen molar-refractivity contribution in [2.24, 2.45) is 11.8 Å². The van der Waals surface area contributed by atoms with Crippen LogP contribution in [0.2, 0.25) is 0 Å². The van der Waals surface area contributed by atoms with Crippen LogP contribution < -0.4 is 0 Å². The van der Waals surface area contributed by atoms with E-state index < -0.39 is 23.8 Å². The van der Waals surface area contributed by atoms with Crippen molar-refractivity contribution in [1.82, 2.24) is 0 Å². The maximum absolute atomic E-state index is 12.7. The van der Waals surface area contributed by atoms with Crippen molar-refractivity contribution in [1.29, 1.82) is 0 Å². The molecule has 1 aliphatic carbocycles. The van der Waals surface area contributed by atoms with Gasteiger partial charge in [-0.05, 0) is 36.1 Å². The molecule has 0 aliphatic heterocycles. The second-order valence-electron chi connectivity index (χ2n) is 6.46. The number of allylic oxidation sites excluding steroid dienone is 2. The zero-order chi connectivity index (χ0) is 19.9. The highest BCUT2D eigenvalue weighted by Gasteiger charge is 2.39. The van der Waals surface area contributed by atoms with Gasteiger partial charge in [0.1, 0.15) is 0 Å². The first kappa shape index (κ1) is 19.6. The predicted octanol–water partition coefficient (Wildman–Crippen LogP) is 4.61. The Kier molecular flexibility index (Phi) is 6.43. The number of fused-ring (bicyclic) bond motifs is 1. The molecule has 0 N–H and O–H groups in total. The van der Waals surface area contributed by atoms with E-state index in [1.54, 1.807) is 13.8 Å². The van der Waals surface area contributed by atoms with Crippen molar-refractivity contribution in [3.8, 4) is 0 Å². The maximum Gasteiger partial charge on any atom is 0.321 e. The molecule has 0 heterocycles. The van der Waals surface area contributed by atoms with E-state index in [9.17, 15) is 9.59 Å². The first-order chi connectivity index (χ1) is 13.7. The molecule has 2 aromatic carbocycles. The maximum atomic E-state index is 12.7. The molecule has 1 aliphatic rings. The third kappa shape index (κ3) is 4.22. The van der Waals surface area contributed by atoms with Gasteiger partial charge in [0.2, 0.25) is 0 Å². The highest BCUT2D eigenvalue weighted by molar-refractivity contribution is 6.01. The Hall–Kier alpha value is -3.14. The van der Waals surface area contributed by atoms with Gasteiger partial charge in [0.25, 0.3) is 0 Å². The zero-order valence-corrected chi connectivity index (χ0v) is 16.1. The minimum absolute atomic E-state index is 0.208. The van der Waals surface area contributed by atoms with Crippen LogP contribution in [0.25, 0.3) is 17.7 Å². The molecule has 1 unspecified atom stereocenters. The van der Waals surface area contributed by atoms with Gasteiger partial charge in [-0.1, -0.05) is 72.8 Å². The third-order valence-corrected chi connectivity index (χ3v) is 4.68. The van der Waals surface area contributed by atoms with Crippen LogP contribution >= 0.6 is 0 Å². The van der Waals surface area contributed by atoms with Crippen LogP contribution in [0.4, 0.5) is 0 Å². The zero-order valence-electron chi connectivity index (χ0n) is 16.1. The third-order valence-electron chi connectivity index (χ3n) is 4.68. The number of hydrogen-bond donors (Lipinski definition) is 0. The van der Waals surface area contributed by atoms with Crippen LogP contribution in [-0.2, 0) is 19.1 Å². The summed E-state index contributed by atoms with van der Waals surface area (Å²) in [5.74, 6) is -2.63. The first-order valence-corrected chi connectivity index (χ1v) is 9.53. The molecule has 2 aromatic rings. The molecule has 0 radical (unpaired) electrons. The second-order valence-corrected chi connectivity index (χ2v) is 6.46. The predicted molar refractivity (Wildman–Crippen MR) is 110 cm³/mol. The monoisotopic (exact) mass is 376 g/mol. The van der Waals surface area contributed by atoms with E-state index in [2.05, 4.69) is 0 Å². The van der Waals surface area contributed by atoms with E-state index in [1.165, 1.54) is 0 Å². The Morgan fingerprint density at radius 2 is 1.54 bits per heavy atom. The molecule has 28 heavy (non-hydrogen) atoms. The van der Waals surface area contributed by atoms with Crippen molar-refractivity contribution in [3.63, 3.8) is 0 Å². The normalized spacial score (nSPS) is 16.7. The minimum Gasteiger partial charge on any atom is -0.465 e. The van der Waals surface area contributed by atoms with Gasteiger partial charge in [0.05, 0.1) is 13.2 Å². The molecule has 0 saturated carbocycles. The number of esters is 2. The van der Waals surface area contributed by atoms with E-state index >= 15 is 0 Å². The average molecular weight is 376 g/mol. The van der Waals surface area contributed by atoms with Gasteiger partial charge in [0.15, 0.2) is 5.92 Å². The van der Waals surface area contributed by atoms with Crippen molar-refractivity contribution in [2.75, 3.05) is 13.2 Å². The van der Waals surface area contributed by atoms with E-state index in [0.29, 0.717) is 0 Å². The van der Waals surface area contributed by atoms with Crippen molar-refractivity contribution < 1.29 is 19.1 Å². The van der Waals surface area contributed by atoms with Crippen LogP contribution in [0.5, 0.6) is 0 Å². The summed E-state index contributed by atoms with van der Waals surface area (Å²) in [5.41, 5.74) is 3.94. The summed E-state index contributed by atoms with van der Waals surface area (Å²) >= 11 is 0. The van der Waals surface area contributed by atoms with Crippen LogP contribution in [0.15, 0.2) is 60.7 Å². The summed E-state index contributed by atoms with van der Waals surface area (Å²) in [6, 6.07) is 17.8. The summed E-state index contributed by atoms with van der Waals surface area (Å²) in [6.45, 7) is 3.87. The molecule has 1 atom stereocenters. The molecule has 4 heteroatoms. The van der Waals surface area contributed by atoms with Crippen molar-refractivity contribution in [3.05, 3.63) is 77.4 Å². The largest absolute Gasteiger partial charge is 0.465 e. The quantitative estimate of drug-likeness (QED) is 0.546. The van der Waals surface area contributed by atoms with Crippen molar-refractivity contribution in [2.45, 2.75) is 13.8 Å². The SMILES string of the molecule is CCOC(=O)C(C(=O)OCC)C1C=Cc2ccccc2/C1=C/c1ccccc1. The second kappa shape index (κ2) is 9.18. The van der Waals surface area contributed by atoms with Crippen LogP contribution in [0, 0.1) is 11.8 Å². The fourth-order valence-electron chi connectivity index (χ4n) is 3.44. The van der Waals surface area contributed by atoms with E-state index in [-0.39, 0.29) is 13.2 Å². The summed E-state index contributed by atoms with van der Waals surface area (Å²) in [6.07, 6.45) is 5.88. The summed E-state index contributed by atoms with van der Waals surface area (Å²) in [4.78, 5) is 25.4. The number of rotatable bonds is 6. The molecule has 3 rings (SSSR count). The van der Waals surface area contributed by atoms with Gasteiger partial charge < -0.3 is 9.47 Å². The Morgan fingerprint density at radius 1 is 0.929 bits per heavy atom. The molecule has 0 fully saturated rings. The Morgan fingerprint density at radius 3 is 2.18 bits per heavy atom. The smallest absolute Gasteiger partial charge is 0.321 e. The molecule has 4 nitrogen and oxygen atoms in total. The van der Waals surface area contributed by atoms with Crippen LogP contribution in [0.3, 0.4) is 0 Å². The Balaban J connectivity index is 2.11. The van der Waals surface area contributed by atoms with E-state index in [0.717, 1.165) is 22.3 Å². The van der Waals surface area contributed by atoms with Crippen molar-refractivity contribution >= 4 is 29.7 Å². The molecule has 0 aromatic heterocycles. The molecule has 0 saturated heterocycles. The minimum atomic E-state index is -1.04. The number of carbonyl (C=O) groups excluding carboxylic acids is 2. The number of benzene rings is 2. The lowest BCUT2D eigenvalue weighted by atomic mass is 9.76. The van der Waals surface area contributed by atoms with E-state index in [4.69, 9.17) is 9.47 Å². The van der Waals surface area contributed by atoms with Gasteiger partial charge in [-0.25, -0.2) is 0 Å². The average Bonchev–Trinajstić information content (AvgIpc) is 2.71. The van der Waals surface area contributed by atoms with Gasteiger partial charge in [0, 0.05) is 5.92 Å². The lowest BCUT2D eigenvalue weighted by molar-refractivity contribution is -0.162. The molecule has 0 spiro atoms. The molecular formula is C24H24O4. The number of ether oxygens (including phenoxy) is 2. The topological polar surface area (TPSA) is 52.6 Å². The number of carbonyl (C=O) groups is 2. The Bertz CT molecular complexity index is 878. The van der Waals surface area contributed by atoms with Crippen LogP contribution in [0.1, 0.15) is 30.5 Å². The summed E-state index contributed by atoms with van der Waals surface area (Å²) in [7, 11) is 0. The molecule has 144 valence electrons.